The van der Waals surface area contributed by atoms with Gasteiger partial charge >= 0.3 is 5.97 Å². The summed E-state index contributed by atoms with van der Waals surface area (Å²) in [6.07, 6.45) is 0.132. The quantitative estimate of drug-likeness (QED) is 0.277. The zero-order valence-corrected chi connectivity index (χ0v) is 23.8. The van der Waals surface area contributed by atoms with Crippen LogP contribution in [-0.2, 0) is 30.3 Å². The number of esters is 1. The van der Waals surface area contributed by atoms with E-state index in [1.54, 1.807) is 23.6 Å². The van der Waals surface area contributed by atoms with Crippen molar-refractivity contribution in [3.05, 3.63) is 80.6 Å². The van der Waals surface area contributed by atoms with Crippen molar-refractivity contribution in [2.75, 3.05) is 33.4 Å². The molecule has 224 valence electrons. The van der Waals surface area contributed by atoms with E-state index >= 15 is 0 Å². The van der Waals surface area contributed by atoms with Crippen LogP contribution in [0.2, 0.25) is 0 Å². The molecule has 1 aromatic heterocycles. The summed E-state index contributed by atoms with van der Waals surface area (Å²) in [6.45, 7) is 0.475. The number of thiophene rings is 1. The summed E-state index contributed by atoms with van der Waals surface area (Å²) in [4.78, 5) is 63.8. The Morgan fingerprint density at radius 3 is 2.47 bits per heavy atom. The molecule has 3 heterocycles. The van der Waals surface area contributed by atoms with E-state index in [4.69, 9.17) is 9.47 Å². The van der Waals surface area contributed by atoms with E-state index in [0.29, 0.717) is 24.3 Å². The average molecular weight is 611 g/mol. The predicted molar refractivity (Wildman–Crippen MR) is 152 cm³/mol. The maximum atomic E-state index is 14.0. The molecular formula is C29H27FN4O8S. The second-order valence-electron chi connectivity index (χ2n) is 9.88. The van der Waals surface area contributed by atoms with Gasteiger partial charge in [-0.1, -0.05) is 18.2 Å². The van der Waals surface area contributed by atoms with Gasteiger partial charge < -0.3 is 29.7 Å². The van der Waals surface area contributed by atoms with Crippen molar-refractivity contribution in [2.24, 2.45) is 5.18 Å². The second kappa shape index (κ2) is 12.8. The van der Waals surface area contributed by atoms with E-state index in [0.717, 1.165) is 18.1 Å². The molecule has 12 nitrogen and oxygen atoms in total. The fraction of sp³-hybridized carbons (Fsp3) is 0.310. The first-order valence-corrected chi connectivity index (χ1v) is 14.1. The van der Waals surface area contributed by atoms with Gasteiger partial charge in [-0.05, 0) is 46.6 Å². The van der Waals surface area contributed by atoms with Crippen LogP contribution in [0.1, 0.15) is 32.0 Å². The summed E-state index contributed by atoms with van der Waals surface area (Å²) in [5, 5.41) is 9.82. The number of nitrogens with zero attached hydrogens (tertiary/aromatic N) is 2. The van der Waals surface area contributed by atoms with Crippen LogP contribution in [0, 0.1) is 10.7 Å². The molecule has 3 amide bonds. The van der Waals surface area contributed by atoms with E-state index < -0.39 is 41.3 Å². The molecule has 14 heteroatoms. The zero-order chi connectivity index (χ0) is 30.6. The molecule has 2 fully saturated rings. The second-order valence-corrected chi connectivity index (χ2v) is 10.9. The molecule has 1 spiro atoms. The summed E-state index contributed by atoms with van der Waals surface area (Å²) < 4.78 is 30.1. The van der Waals surface area contributed by atoms with E-state index in [-0.39, 0.29) is 42.9 Å². The molecule has 0 bridgehead atoms. The minimum atomic E-state index is -1.09. The van der Waals surface area contributed by atoms with Gasteiger partial charge in [-0.2, -0.15) is 0 Å². The molecule has 0 saturated carbocycles. The number of nitroso groups, excluding NO2 is 1. The highest BCUT2D eigenvalue weighted by atomic mass is 32.1. The molecule has 3 aromatic rings. The highest BCUT2D eigenvalue weighted by Gasteiger charge is 2.52. The highest BCUT2D eigenvalue weighted by Crippen LogP contribution is 2.35. The minimum Gasteiger partial charge on any atom is -0.465 e. The number of hydrogen-bond acceptors (Lipinski definition) is 10. The van der Waals surface area contributed by atoms with Crippen molar-refractivity contribution in [3.8, 4) is 11.1 Å². The number of likely N-dealkylation sites (tertiary alicyclic amines) is 1. The Hall–Kier alpha value is -4.53. The smallest absolute Gasteiger partial charge is 0.340 e. The first-order valence-electron chi connectivity index (χ1n) is 13.2. The predicted octanol–water partition coefficient (Wildman–Crippen LogP) is 3.13. The number of rotatable bonds is 9. The summed E-state index contributed by atoms with van der Waals surface area (Å²) >= 11 is 1.28. The summed E-state index contributed by atoms with van der Waals surface area (Å²) in [5.41, 5.74) is 1.51. The summed E-state index contributed by atoms with van der Waals surface area (Å²) in [6, 6.07) is 11.0. The van der Waals surface area contributed by atoms with Gasteiger partial charge in [0.15, 0.2) is 5.79 Å². The fourth-order valence-corrected chi connectivity index (χ4v) is 5.72. The van der Waals surface area contributed by atoms with Crippen LogP contribution >= 0.6 is 11.3 Å². The number of halogens is 1. The fourth-order valence-electron chi connectivity index (χ4n) is 4.99. The number of hydrogen-bond donors (Lipinski definition) is 2. The minimum absolute atomic E-state index is 0.0257. The van der Waals surface area contributed by atoms with Gasteiger partial charge in [0.25, 0.3) is 5.91 Å². The van der Waals surface area contributed by atoms with Crippen molar-refractivity contribution in [2.45, 2.75) is 24.8 Å². The molecule has 5 rings (SSSR count). The molecule has 2 aliphatic heterocycles. The average Bonchev–Trinajstić information content (AvgIpc) is 3.79. The van der Waals surface area contributed by atoms with E-state index in [1.807, 2.05) is 0 Å². The SMILES string of the molecule is COC(=O)c1cc(-c2ccc(C(=O)NCC(=O)N3CC4(CC3C(=O)NCc3cc(N=O)cs3)OCCO4)cc2)ccc1F. The van der Waals surface area contributed by atoms with Crippen molar-refractivity contribution in [1.82, 2.24) is 15.5 Å². The van der Waals surface area contributed by atoms with Crippen LogP contribution < -0.4 is 10.6 Å². The van der Waals surface area contributed by atoms with Gasteiger partial charge in [0.1, 0.15) is 17.5 Å². The third-order valence-corrected chi connectivity index (χ3v) is 8.09. The highest BCUT2D eigenvalue weighted by molar-refractivity contribution is 7.10. The normalized spacial score (nSPS) is 17.1. The van der Waals surface area contributed by atoms with Crippen molar-refractivity contribution in [3.63, 3.8) is 0 Å². The Morgan fingerprint density at radius 2 is 1.79 bits per heavy atom. The number of benzene rings is 2. The van der Waals surface area contributed by atoms with Crippen LogP contribution in [0.5, 0.6) is 0 Å². The zero-order valence-electron chi connectivity index (χ0n) is 23.0. The lowest BCUT2D eigenvalue weighted by molar-refractivity contribution is -0.152. The topological polar surface area (TPSA) is 153 Å². The first kappa shape index (κ1) is 29.9. The van der Waals surface area contributed by atoms with Crippen LogP contribution in [-0.4, -0.2) is 73.8 Å². The first-order chi connectivity index (χ1) is 20.7. The maximum Gasteiger partial charge on any atom is 0.340 e. The molecule has 2 saturated heterocycles. The van der Waals surface area contributed by atoms with Crippen LogP contribution in [0.3, 0.4) is 0 Å². The Kier molecular flexibility index (Phi) is 8.89. The van der Waals surface area contributed by atoms with Crippen molar-refractivity contribution in [1.29, 1.82) is 0 Å². The molecule has 1 atom stereocenters. The number of amides is 3. The number of methoxy groups -OCH3 is 1. The van der Waals surface area contributed by atoms with E-state index in [9.17, 15) is 28.5 Å². The standard InChI is InChI=1S/C29H27FN4O8S/c1-40-28(38)22-10-19(6-7-23(22)30)17-2-4-18(5-3-17)26(36)32-14-25(35)34-16-29(41-8-9-42-29)12-24(34)27(37)31-13-21-11-20(33-39)15-43-21/h2-7,10-11,15,24H,8-9,12-14,16H2,1H3,(H,31,37)(H,32,36). The van der Waals surface area contributed by atoms with Gasteiger partial charge in [-0.25, -0.2) is 9.18 Å². The molecule has 43 heavy (non-hydrogen) atoms. The molecule has 0 radical (unpaired) electrons. The third kappa shape index (κ3) is 6.61. The lowest BCUT2D eigenvalue weighted by Crippen LogP contribution is -2.49. The van der Waals surface area contributed by atoms with Crippen molar-refractivity contribution < 1.29 is 37.8 Å². The Balaban J connectivity index is 1.21. The molecule has 1 unspecified atom stereocenters. The van der Waals surface area contributed by atoms with E-state index in [2.05, 4.69) is 20.5 Å². The number of ether oxygens (including phenoxy) is 3. The number of nitrogens with one attached hydrogen (secondary N) is 2. The van der Waals surface area contributed by atoms with Gasteiger partial charge in [-0.3, -0.25) is 14.4 Å². The van der Waals surface area contributed by atoms with Crippen LogP contribution in [0.15, 0.2) is 59.1 Å². The van der Waals surface area contributed by atoms with Gasteiger partial charge in [0, 0.05) is 22.2 Å². The summed E-state index contributed by atoms with van der Waals surface area (Å²) in [7, 11) is 1.16. The largest absolute Gasteiger partial charge is 0.465 e. The monoisotopic (exact) mass is 610 g/mol. The molecule has 0 aliphatic carbocycles. The van der Waals surface area contributed by atoms with Gasteiger partial charge in [0.2, 0.25) is 11.8 Å². The molecule has 2 aromatic carbocycles. The van der Waals surface area contributed by atoms with Crippen LogP contribution in [0.25, 0.3) is 11.1 Å². The molecule has 2 aliphatic rings. The Morgan fingerprint density at radius 1 is 1.07 bits per heavy atom. The van der Waals surface area contributed by atoms with E-state index in [1.165, 1.54) is 40.5 Å². The third-order valence-electron chi connectivity index (χ3n) is 7.16. The van der Waals surface area contributed by atoms with Crippen LogP contribution in [0.4, 0.5) is 10.1 Å². The molecular weight excluding hydrogens is 583 g/mol. The van der Waals surface area contributed by atoms with Gasteiger partial charge in [-0.15, -0.1) is 16.2 Å². The number of carbonyl (C=O) groups excluding carboxylic acids is 4. The lowest BCUT2D eigenvalue weighted by atomic mass is 10.0. The number of carbonyl (C=O) groups is 4. The summed E-state index contributed by atoms with van der Waals surface area (Å²) in [5.74, 6) is -4.04. The lowest BCUT2D eigenvalue weighted by Gasteiger charge is -2.24. The molecule has 2 N–H and O–H groups in total. The Bertz CT molecular complexity index is 1550. The maximum absolute atomic E-state index is 14.0. The van der Waals surface area contributed by atoms with Gasteiger partial charge in [0.05, 0.1) is 45.5 Å². The van der Waals surface area contributed by atoms with Crippen molar-refractivity contribution >= 4 is 40.7 Å². The Labute approximate surface area is 249 Å².